The fraction of sp³-hybridized carbons (Fsp3) is 0.538. The summed E-state index contributed by atoms with van der Waals surface area (Å²) >= 11 is 0. The lowest BCUT2D eigenvalue weighted by molar-refractivity contribution is -0.142. The molecule has 2 N–H and O–H groups in total. The summed E-state index contributed by atoms with van der Waals surface area (Å²) in [5.41, 5.74) is -2.38. The number of alkyl halides is 3. The molecule has 0 aliphatic rings. The van der Waals surface area contributed by atoms with Crippen LogP contribution in [0.4, 0.5) is 13.2 Å². The number of hydrogen-bond donors (Lipinski definition) is 2. The first kappa shape index (κ1) is 17.2. The Morgan fingerprint density at radius 2 is 1.90 bits per heavy atom. The molecular formula is C13H16F3NO4. The number of carboxylic acid groups (broad SMARTS) is 1. The lowest BCUT2D eigenvalue weighted by atomic mass is 9.93. The van der Waals surface area contributed by atoms with E-state index in [1.165, 1.54) is 0 Å². The molecule has 0 saturated heterocycles. The standard InChI is InChI=1S/C13H16F3NO4/c1-6(2)4-7-8(5-18)10(13(14,15)16)17-11(21-3)9(7)12(19)20/h6,18H,4-5H2,1-3H3,(H,19,20). The van der Waals surface area contributed by atoms with Crippen LogP contribution in [0.3, 0.4) is 0 Å². The average molecular weight is 307 g/mol. The number of carbonyl (C=O) groups is 1. The summed E-state index contributed by atoms with van der Waals surface area (Å²) in [5, 5.41) is 18.5. The fourth-order valence-electron chi connectivity index (χ4n) is 2.05. The number of ether oxygens (including phenoxy) is 1. The van der Waals surface area contributed by atoms with E-state index in [0.29, 0.717) is 0 Å². The Bertz CT molecular complexity index is 541. The number of halogens is 3. The van der Waals surface area contributed by atoms with Gasteiger partial charge in [-0.05, 0) is 17.9 Å². The number of aliphatic hydroxyl groups excluding tert-OH is 1. The van der Waals surface area contributed by atoms with Gasteiger partial charge in [-0.15, -0.1) is 0 Å². The zero-order valence-electron chi connectivity index (χ0n) is 11.8. The summed E-state index contributed by atoms with van der Waals surface area (Å²) in [6.45, 7) is 2.51. The van der Waals surface area contributed by atoms with Crippen LogP contribution in [0.15, 0.2) is 0 Å². The maximum absolute atomic E-state index is 13.0. The van der Waals surface area contributed by atoms with Gasteiger partial charge in [-0.3, -0.25) is 0 Å². The molecule has 0 bridgehead atoms. The molecule has 118 valence electrons. The van der Waals surface area contributed by atoms with Crippen LogP contribution in [0.1, 0.15) is 41.0 Å². The minimum Gasteiger partial charge on any atom is -0.480 e. The van der Waals surface area contributed by atoms with E-state index in [1.54, 1.807) is 13.8 Å². The number of rotatable bonds is 5. The first-order chi connectivity index (χ1) is 9.63. The largest absolute Gasteiger partial charge is 0.480 e. The van der Waals surface area contributed by atoms with Gasteiger partial charge in [0, 0.05) is 5.56 Å². The molecule has 1 heterocycles. The minimum atomic E-state index is -4.81. The van der Waals surface area contributed by atoms with Crippen LogP contribution in [-0.2, 0) is 19.2 Å². The van der Waals surface area contributed by atoms with Crippen molar-refractivity contribution >= 4 is 5.97 Å². The van der Waals surface area contributed by atoms with Crippen LogP contribution >= 0.6 is 0 Å². The Morgan fingerprint density at radius 3 is 2.24 bits per heavy atom. The van der Waals surface area contributed by atoms with Crippen molar-refractivity contribution in [3.05, 3.63) is 22.4 Å². The highest BCUT2D eigenvalue weighted by Crippen LogP contribution is 2.37. The second-order valence-corrected chi connectivity index (χ2v) is 4.86. The van der Waals surface area contributed by atoms with E-state index in [2.05, 4.69) is 4.98 Å². The molecule has 0 atom stereocenters. The zero-order chi connectivity index (χ0) is 16.4. The Kier molecular flexibility index (Phi) is 5.16. The summed E-state index contributed by atoms with van der Waals surface area (Å²) in [4.78, 5) is 14.6. The highest BCUT2D eigenvalue weighted by atomic mass is 19.4. The Morgan fingerprint density at radius 1 is 1.33 bits per heavy atom. The van der Waals surface area contributed by atoms with Gasteiger partial charge < -0.3 is 14.9 Å². The molecule has 0 aliphatic carbocycles. The number of pyridine rings is 1. The van der Waals surface area contributed by atoms with Gasteiger partial charge in [-0.2, -0.15) is 13.2 Å². The Hall–Kier alpha value is -1.83. The number of aromatic nitrogens is 1. The molecule has 0 aliphatic heterocycles. The van der Waals surface area contributed by atoms with Crippen molar-refractivity contribution in [3.8, 4) is 5.88 Å². The molecule has 0 amide bonds. The lowest BCUT2D eigenvalue weighted by Crippen LogP contribution is -2.20. The number of aromatic carboxylic acids is 1. The van der Waals surface area contributed by atoms with Gasteiger partial charge in [0.05, 0.1) is 13.7 Å². The van der Waals surface area contributed by atoms with Crippen LogP contribution in [0.2, 0.25) is 0 Å². The van der Waals surface area contributed by atoms with E-state index < -0.39 is 41.5 Å². The highest BCUT2D eigenvalue weighted by molar-refractivity contribution is 5.92. The van der Waals surface area contributed by atoms with Gasteiger partial charge >= 0.3 is 12.1 Å². The maximum atomic E-state index is 13.0. The zero-order valence-corrected chi connectivity index (χ0v) is 11.8. The van der Waals surface area contributed by atoms with E-state index in [-0.39, 0.29) is 17.9 Å². The summed E-state index contributed by atoms with van der Waals surface area (Å²) in [6, 6.07) is 0. The molecule has 0 aromatic carbocycles. The van der Waals surface area contributed by atoms with E-state index in [0.717, 1.165) is 7.11 Å². The first-order valence-electron chi connectivity index (χ1n) is 6.14. The number of hydrogen-bond acceptors (Lipinski definition) is 4. The summed E-state index contributed by atoms with van der Waals surface area (Å²) in [5.74, 6) is -2.16. The van der Waals surface area contributed by atoms with E-state index in [1.807, 2.05) is 0 Å². The molecule has 0 saturated carbocycles. The molecule has 0 fully saturated rings. The van der Waals surface area contributed by atoms with Gasteiger partial charge in [0.2, 0.25) is 5.88 Å². The second kappa shape index (κ2) is 6.30. The Labute approximate surface area is 119 Å². The predicted octanol–water partition coefficient (Wildman–Crippen LogP) is 2.50. The van der Waals surface area contributed by atoms with Gasteiger partial charge in [0.15, 0.2) is 5.69 Å². The summed E-state index contributed by atoms with van der Waals surface area (Å²) < 4.78 is 43.8. The molecular weight excluding hydrogens is 291 g/mol. The number of nitrogens with zero attached hydrogens (tertiary/aromatic N) is 1. The SMILES string of the molecule is COc1nc(C(F)(F)F)c(CO)c(CC(C)C)c1C(=O)O. The normalized spacial score (nSPS) is 11.8. The monoisotopic (exact) mass is 307 g/mol. The number of aliphatic hydroxyl groups is 1. The third kappa shape index (κ3) is 3.63. The third-order valence-electron chi connectivity index (χ3n) is 2.83. The van der Waals surface area contributed by atoms with Crippen LogP contribution in [0.25, 0.3) is 0 Å². The van der Waals surface area contributed by atoms with Gasteiger partial charge in [-0.25, -0.2) is 9.78 Å². The second-order valence-electron chi connectivity index (χ2n) is 4.86. The van der Waals surface area contributed by atoms with Crippen LogP contribution in [0, 0.1) is 5.92 Å². The highest BCUT2D eigenvalue weighted by Gasteiger charge is 2.39. The molecule has 8 heteroatoms. The fourth-order valence-corrected chi connectivity index (χ4v) is 2.05. The van der Waals surface area contributed by atoms with E-state index in [4.69, 9.17) is 4.74 Å². The quantitative estimate of drug-likeness (QED) is 0.873. The molecule has 5 nitrogen and oxygen atoms in total. The van der Waals surface area contributed by atoms with Crippen LogP contribution in [0.5, 0.6) is 5.88 Å². The van der Waals surface area contributed by atoms with Gasteiger partial charge in [-0.1, -0.05) is 13.8 Å². The van der Waals surface area contributed by atoms with Crippen molar-refractivity contribution in [3.63, 3.8) is 0 Å². The summed E-state index contributed by atoms with van der Waals surface area (Å²) in [7, 11) is 1.05. The van der Waals surface area contributed by atoms with Crippen LogP contribution < -0.4 is 4.74 Å². The summed E-state index contributed by atoms with van der Waals surface area (Å²) in [6.07, 6.45) is -4.76. The average Bonchev–Trinajstić information content (AvgIpc) is 2.34. The molecule has 1 aromatic rings. The topological polar surface area (TPSA) is 79.7 Å². The smallest absolute Gasteiger partial charge is 0.433 e. The molecule has 0 spiro atoms. The molecule has 21 heavy (non-hydrogen) atoms. The maximum Gasteiger partial charge on any atom is 0.433 e. The molecule has 0 radical (unpaired) electrons. The van der Waals surface area contributed by atoms with Gasteiger partial charge in [0.25, 0.3) is 0 Å². The van der Waals surface area contributed by atoms with Crippen molar-refractivity contribution in [2.45, 2.75) is 33.1 Å². The predicted molar refractivity (Wildman–Crippen MR) is 67.2 cm³/mol. The van der Waals surface area contributed by atoms with E-state index >= 15 is 0 Å². The van der Waals surface area contributed by atoms with Crippen LogP contribution in [-0.4, -0.2) is 28.3 Å². The Balaban J connectivity index is 3.78. The van der Waals surface area contributed by atoms with Crippen molar-refractivity contribution in [2.75, 3.05) is 7.11 Å². The molecule has 1 aromatic heterocycles. The van der Waals surface area contributed by atoms with Crippen molar-refractivity contribution in [2.24, 2.45) is 5.92 Å². The van der Waals surface area contributed by atoms with Crippen molar-refractivity contribution in [1.29, 1.82) is 0 Å². The van der Waals surface area contributed by atoms with Gasteiger partial charge in [0.1, 0.15) is 5.56 Å². The van der Waals surface area contributed by atoms with E-state index in [9.17, 15) is 28.2 Å². The number of carboxylic acids is 1. The lowest BCUT2D eigenvalue weighted by Gasteiger charge is -2.20. The first-order valence-corrected chi connectivity index (χ1v) is 6.14. The number of methoxy groups -OCH3 is 1. The third-order valence-corrected chi connectivity index (χ3v) is 2.83. The molecule has 1 rings (SSSR count). The molecule has 0 unspecified atom stereocenters. The van der Waals surface area contributed by atoms with Crippen molar-refractivity contribution < 1.29 is 32.9 Å². The van der Waals surface area contributed by atoms with Crippen molar-refractivity contribution in [1.82, 2.24) is 4.98 Å². The minimum absolute atomic E-state index is 0.0550.